The van der Waals surface area contributed by atoms with E-state index in [1.165, 1.54) is 13.2 Å². The van der Waals surface area contributed by atoms with Crippen LogP contribution in [0.2, 0.25) is 5.02 Å². The van der Waals surface area contributed by atoms with Crippen LogP contribution in [0.5, 0.6) is 11.5 Å². The molecule has 0 aliphatic rings. The third-order valence-corrected chi connectivity index (χ3v) is 3.07. The molecule has 0 amide bonds. The molecule has 0 aliphatic carbocycles. The monoisotopic (exact) mass is 301 g/mol. The van der Waals surface area contributed by atoms with Crippen molar-refractivity contribution in [2.45, 2.75) is 0 Å². The molecule has 2 aromatic rings. The van der Waals surface area contributed by atoms with Crippen molar-refractivity contribution in [1.82, 2.24) is 0 Å². The first-order chi connectivity index (χ1) is 10.2. The lowest BCUT2D eigenvalue weighted by Gasteiger charge is -2.10. The average Bonchev–Trinajstić information content (AvgIpc) is 2.52. The Morgan fingerprint density at radius 2 is 2.00 bits per heavy atom. The summed E-state index contributed by atoms with van der Waals surface area (Å²) in [7, 11) is 1.50. The van der Waals surface area contributed by atoms with E-state index < -0.39 is 0 Å². The molecule has 2 aromatic carbocycles. The van der Waals surface area contributed by atoms with Crippen molar-refractivity contribution in [2.75, 3.05) is 13.7 Å². The van der Waals surface area contributed by atoms with Gasteiger partial charge in [-0.2, -0.15) is 5.26 Å². The summed E-state index contributed by atoms with van der Waals surface area (Å²) in [6.45, 7) is -0.199. The van der Waals surface area contributed by atoms with E-state index in [0.29, 0.717) is 21.9 Å². The lowest BCUT2D eigenvalue weighted by Crippen LogP contribution is -2.13. The summed E-state index contributed by atoms with van der Waals surface area (Å²) in [6.07, 6.45) is 0. The number of carbonyl (C=O) groups excluding carboxylic acids is 1. The van der Waals surface area contributed by atoms with Gasteiger partial charge in [0.05, 0.1) is 18.2 Å². The Bertz CT molecular complexity index is 707. The Morgan fingerprint density at radius 1 is 1.24 bits per heavy atom. The van der Waals surface area contributed by atoms with Crippen LogP contribution in [-0.2, 0) is 0 Å². The van der Waals surface area contributed by atoms with Gasteiger partial charge in [-0.1, -0.05) is 23.7 Å². The maximum Gasteiger partial charge on any atom is 0.203 e. The largest absolute Gasteiger partial charge is 0.496 e. The van der Waals surface area contributed by atoms with Gasteiger partial charge < -0.3 is 9.47 Å². The normalized spacial score (nSPS) is 9.76. The van der Waals surface area contributed by atoms with E-state index in [2.05, 4.69) is 0 Å². The second kappa shape index (κ2) is 6.78. The van der Waals surface area contributed by atoms with Crippen molar-refractivity contribution in [1.29, 1.82) is 5.26 Å². The molecule has 21 heavy (non-hydrogen) atoms. The minimum atomic E-state index is -0.240. The molecule has 0 fully saturated rings. The molecular weight excluding hydrogens is 290 g/mol. The Balaban J connectivity index is 2.15. The van der Waals surface area contributed by atoms with Gasteiger partial charge in [0.2, 0.25) is 5.78 Å². The van der Waals surface area contributed by atoms with Gasteiger partial charge in [0, 0.05) is 11.1 Å². The third-order valence-electron chi connectivity index (χ3n) is 2.83. The number of hydrogen-bond donors (Lipinski definition) is 0. The van der Waals surface area contributed by atoms with Crippen LogP contribution < -0.4 is 9.47 Å². The van der Waals surface area contributed by atoms with Gasteiger partial charge in [-0.05, 0) is 24.3 Å². The maximum absolute atomic E-state index is 12.2. The first-order valence-corrected chi connectivity index (χ1v) is 6.52. The first kappa shape index (κ1) is 14.9. The van der Waals surface area contributed by atoms with Gasteiger partial charge in [0.1, 0.15) is 17.6 Å². The number of nitrogens with zero attached hydrogens (tertiary/aromatic N) is 1. The summed E-state index contributed by atoms with van der Waals surface area (Å²) < 4.78 is 10.5. The molecule has 4 nitrogen and oxygen atoms in total. The van der Waals surface area contributed by atoms with Crippen molar-refractivity contribution in [3.05, 3.63) is 58.6 Å². The molecule has 0 radical (unpaired) electrons. The van der Waals surface area contributed by atoms with Gasteiger partial charge >= 0.3 is 0 Å². The molecule has 0 unspecified atom stereocenters. The Kier molecular flexibility index (Phi) is 4.81. The fourth-order valence-corrected chi connectivity index (χ4v) is 1.97. The summed E-state index contributed by atoms with van der Waals surface area (Å²) in [5.41, 5.74) is 0.757. The smallest absolute Gasteiger partial charge is 0.203 e. The number of ether oxygens (including phenoxy) is 2. The molecule has 0 bridgehead atoms. The number of nitriles is 1. The maximum atomic E-state index is 12.2. The van der Waals surface area contributed by atoms with Crippen molar-refractivity contribution in [2.24, 2.45) is 0 Å². The average molecular weight is 302 g/mol. The van der Waals surface area contributed by atoms with E-state index >= 15 is 0 Å². The molecule has 106 valence electrons. The zero-order valence-electron chi connectivity index (χ0n) is 11.3. The van der Waals surface area contributed by atoms with Crippen LogP contribution in [0.4, 0.5) is 0 Å². The second-order valence-corrected chi connectivity index (χ2v) is 4.60. The number of rotatable bonds is 5. The van der Waals surface area contributed by atoms with Crippen LogP contribution in [0.1, 0.15) is 15.9 Å². The summed E-state index contributed by atoms with van der Waals surface area (Å²) in [4.78, 5) is 12.2. The zero-order valence-corrected chi connectivity index (χ0v) is 12.1. The second-order valence-electron chi connectivity index (χ2n) is 4.16. The highest BCUT2D eigenvalue weighted by Gasteiger charge is 2.13. The SMILES string of the molecule is COc1ccccc1C(=O)COc1cc(Cl)ccc1C#N. The number of halogens is 1. The van der Waals surface area contributed by atoms with Crippen LogP contribution in [0, 0.1) is 11.3 Å². The topological polar surface area (TPSA) is 59.3 Å². The highest BCUT2D eigenvalue weighted by molar-refractivity contribution is 6.30. The Labute approximate surface area is 127 Å². The summed E-state index contributed by atoms with van der Waals surface area (Å²) in [5.74, 6) is 0.530. The van der Waals surface area contributed by atoms with Gasteiger partial charge in [0.25, 0.3) is 0 Å². The van der Waals surface area contributed by atoms with E-state index in [4.69, 9.17) is 26.3 Å². The highest BCUT2D eigenvalue weighted by atomic mass is 35.5. The molecule has 0 saturated carbocycles. The molecule has 0 atom stereocenters. The number of methoxy groups -OCH3 is 1. The number of hydrogen-bond acceptors (Lipinski definition) is 4. The van der Waals surface area contributed by atoms with Crippen LogP contribution >= 0.6 is 11.6 Å². The zero-order chi connectivity index (χ0) is 15.2. The van der Waals surface area contributed by atoms with Crippen LogP contribution in [0.15, 0.2) is 42.5 Å². The van der Waals surface area contributed by atoms with Gasteiger partial charge in [-0.15, -0.1) is 0 Å². The van der Waals surface area contributed by atoms with Crippen LogP contribution in [0.3, 0.4) is 0 Å². The predicted molar refractivity (Wildman–Crippen MR) is 79.0 cm³/mol. The molecule has 0 heterocycles. The van der Waals surface area contributed by atoms with E-state index in [9.17, 15) is 4.79 Å². The van der Waals surface area contributed by atoms with E-state index in [1.807, 2.05) is 6.07 Å². The molecule has 0 aliphatic heterocycles. The molecule has 0 aromatic heterocycles. The molecule has 2 rings (SSSR count). The van der Waals surface area contributed by atoms with Crippen molar-refractivity contribution < 1.29 is 14.3 Å². The standard InChI is InChI=1S/C16H12ClNO3/c1-20-15-5-3-2-4-13(15)14(19)10-21-16-8-12(17)7-6-11(16)9-18/h2-8H,10H2,1H3. The highest BCUT2D eigenvalue weighted by Crippen LogP contribution is 2.24. The fraction of sp³-hybridized carbons (Fsp3) is 0.125. The quantitative estimate of drug-likeness (QED) is 0.793. The Hall–Kier alpha value is -2.51. The lowest BCUT2D eigenvalue weighted by molar-refractivity contribution is 0.0918. The van der Waals surface area contributed by atoms with E-state index in [-0.39, 0.29) is 18.1 Å². The lowest BCUT2D eigenvalue weighted by atomic mass is 10.1. The third kappa shape index (κ3) is 3.53. The van der Waals surface area contributed by atoms with Gasteiger partial charge in [-0.3, -0.25) is 4.79 Å². The first-order valence-electron chi connectivity index (χ1n) is 6.14. The van der Waals surface area contributed by atoms with Crippen molar-refractivity contribution in [3.63, 3.8) is 0 Å². The number of carbonyl (C=O) groups is 1. The molecule has 0 saturated heterocycles. The van der Waals surface area contributed by atoms with E-state index in [1.54, 1.807) is 36.4 Å². The predicted octanol–water partition coefficient (Wildman–Crippen LogP) is 3.48. The van der Waals surface area contributed by atoms with Crippen LogP contribution in [0.25, 0.3) is 0 Å². The molecule has 5 heteroatoms. The minimum absolute atomic E-state index is 0.199. The molecular formula is C16H12ClNO3. The number of ketones is 1. The number of para-hydroxylation sites is 1. The number of benzene rings is 2. The summed E-state index contributed by atoms with van der Waals surface area (Å²) in [5, 5.41) is 9.43. The molecule has 0 spiro atoms. The van der Waals surface area contributed by atoms with Crippen molar-refractivity contribution in [3.8, 4) is 17.6 Å². The number of Topliss-reactive ketones (excluding diaryl/α,β-unsaturated/α-hetero) is 1. The Morgan fingerprint density at radius 3 is 2.71 bits per heavy atom. The van der Waals surface area contributed by atoms with Gasteiger partial charge in [0.15, 0.2) is 6.61 Å². The minimum Gasteiger partial charge on any atom is -0.496 e. The molecule has 0 N–H and O–H groups in total. The fourth-order valence-electron chi connectivity index (χ4n) is 1.80. The van der Waals surface area contributed by atoms with Crippen molar-refractivity contribution >= 4 is 17.4 Å². The van der Waals surface area contributed by atoms with Crippen LogP contribution in [-0.4, -0.2) is 19.5 Å². The van der Waals surface area contributed by atoms with E-state index in [0.717, 1.165) is 0 Å². The summed E-state index contributed by atoms with van der Waals surface area (Å²) in [6, 6.07) is 13.5. The summed E-state index contributed by atoms with van der Waals surface area (Å²) >= 11 is 5.86. The van der Waals surface area contributed by atoms with Gasteiger partial charge in [-0.25, -0.2) is 0 Å².